The van der Waals surface area contributed by atoms with Crippen LogP contribution in [0.25, 0.3) is 0 Å². The van der Waals surface area contributed by atoms with E-state index in [2.05, 4.69) is 22.5 Å². The third kappa shape index (κ3) is 1.62. The molecule has 3 heteroatoms. The van der Waals surface area contributed by atoms with Gasteiger partial charge in [-0.2, -0.15) is 0 Å². The average Bonchev–Trinajstić information content (AvgIpc) is 2.92. The Morgan fingerprint density at radius 3 is 2.94 bits per heavy atom. The molecule has 1 heterocycles. The van der Waals surface area contributed by atoms with Gasteiger partial charge in [0.1, 0.15) is 0 Å². The standard InChI is InChI=1S/C13H14N2O/c16-13(11-2-1-5-14-8-11)15-12-7-9-3-4-10(12)6-9/h1-5,8-10,12H,6-7H2,(H,15,16). The largest absolute Gasteiger partial charge is 0.349 e. The Morgan fingerprint density at radius 2 is 2.31 bits per heavy atom. The van der Waals surface area contributed by atoms with Crippen molar-refractivity contribution in [2.24, 2.45) is 11.8 Å². The summed E-state index contributed by atoms with van der Waals surface area (Å²) < 4.78 is 0. The molecule has 3 atom stereocenters. The van der Waals surface area contributed by atoms with Crippen molar-refractivity contribution in [3.05, 3.63) is 42.2 Å². The highest BCUT2D eigenvalue weighted by Crippen LogP contribution is 2.38. The van der Waals surface area contributed by atoms with Crippen molar-refractivity contribution >= 4 is 5.91 Å². The number of allylic oxidation sites excluding steroid dienone is 1. The molecular weight excluding hydrogens is 200 g/mol. The number of nitrogens with zero attached hydrogens (tertiary/aromatic N) is 1. The number of carbonyl (C=O) groups is 1. The van der Waals surface area contributed by atoms with Crippen molar-refractivity contribution in [2.75, 3.05) is 0 Å². The number of hydrogen-bond donors (Lipinski definition) is 1. The number of nitrogens with one attached hydrogen (secondary N) is 1. The van der Waals surface area contributed by atoms with Crippen molar-refractivity contribution in [3.63, 3.8) is 0 Å². The lowest BCUT2D eigenvalue weighted by Gasteiger charge is -2.19. The maximum Gasteiger partial charge on any atom is 0.253 e. The molecule has 0 saturated heterocycles. The molecule has 3 nitrogen and oxygen atoms in total. The van der Waals surface area contributed by atoms with E-state index in [0.717, 1.165) is 6.42 Å². The highest BCUT2D eigenvalue weighted by Gasteiger charge is 2.36. The lowest BCUT2D eigenvalue weighted by Crippen LogP contribution is -2.37. The van der Waals surface area contributed by atoms with Crippen LogP contribution in [0.2, 0.25) is 0 Å². The van der Waals surface area contributed by atoms with E-state index >= 15 is 0 Å². The van der Waals surface area contributed by atoms with Crippen LogP contribution in [0.1, 0.15) is 23.2 Å². The Bertz CT molecular complexity index is 427. The molecule has 0 aliphatic heterocycles. The summed E-state index contributed by atoms with van der Waals surface area (Å²) in [5, 5.41) is 3.10. The summed E-state index contributed by atoms with van der Waals surface area (Å²) in [5.41, 5.74) is 0.647. The van der Waals surface area contributed by atoms with Gasteiger partial charge in [-0.15, -0.1) is 0 Å². The monoisotopic (exact) mass is 214 g/mol. The highest BCUT2D eigenvalue weighted by molar-refractivity contribution is 5.94. The quantitative estimate of drug-likeness (QED) is 0.762. The summed E-state index contributed by atoms with van der Waals surface area (Å²) >= 11 is 0. The number of carbonyl (C=O) groups excluding carboxylic acids is 1. The maximum atomic E-state index is 11.9. The fourth-order valence-corrected chi connectivity index (χ4v) is 2.70. The van der Waals surface area contributed by atoms with E-state index in [1.165, 1.54) is 6.42 Å². The van der Waals surface area contributed by atoms with Gasteiger partial charge in [0.2, 0.25) is 0 Å². The molecule has 0 spiro atoms. The van der Waals surface area contributed by atoms with E-state index in [-0.39, 0.29) is 5.91 Å². The van der Waals surface area contributed by atoms with Gasteiger partial charge >= 0.3 is 0 Å². The van der Waals surface area contributed by atoms with E-state index in [1.807, 2.05) is 0 Å². The Labute approximate surface area is 94.6 Å². The van der Waals surface area contributed by atoms with Crippen LogP contribution in [-0.2, 0) is 0 Å². The minimum atomic E-state index is -0.000880. The molecule has 1 saturated carbocycles. The van der Waals surface area contributed by atoms with E-state index in [1.54, 1.807) is 24.5 Å². The van der Waals surface area contributed by atoms with Crippen LogP contribution in [0.4, 0.5) is 0 Å². The van der Waals surface area contributed by atoms with Gasteiger partial charge in [0.15, 0.2) is 0 Å². The van der Waals surface area contributed by atoms with Gasteiger partial charge in [-0.25, -0.2) is 0 Å². The summed E-state index contributed by atoms with van der Waals surface area (Å²) in [5.74, 6) is 1.23. The van der Waals surface area contributed by atoms with Crippen LogP contribution in [0.3, 0.4) is 0 Å². The zero-order valence-corrected chi connectivity index (χ0v) is 8.97. The van der Waals surface area contributed by atoms with Crippen molar-refractivity contribution in [3.8, 4) is 0 Å². The van der Waals surface area contributed by atoms with Crippen LogP contribution < -0.4 is 5.32 Å². The Morgan fingerprint density at radius 1 is 1.38 bits per heavy atom. The van der Waals surface area contributed by atoms with Gasteiger partial charge in [0, 0.05) is 18.4 Å². The normalized spacial score (nSPS) is 30.6. The molecule has 3 rings (SSSR count). The molecule has 1 fully saturated rings. The zero-order chi connectivity index (χ0) is 11.0. The summed E-state index contributed by atoms with van der Waals surface area (Å²) in [7, 11) is 0. The molecule has 1 aromatic rings. The van der Waals surface area contributed by atoms with Gasteiger partial charge < -0.3 is 5.32 Å². The highest BCUT2D eigenvalue weighted by atomic mass is 16.1. The number of aromatic nitrogens is 1. The van der Waals surface area contributed by atoms with Gasteiger partial charge in [-0.05, 0) is 36.8 Å². The Kier molecular flexibility index (Phi) is 2.24. The van der Waals surface area contributed by atoms with Crippen LogP contribution in [0, 0.1) is 11.8 Å². The first-order valence-electron chi connectivity index (χ1n) is 5.72. The first-order chi connectivity index (χ1) is 7.83. The molecule has 1 aromatic heterocycles. The fourth-order valence-electron chi connectivity index (χ4n) is 2.70. The molecule has 2 aliphatic rings. The molecule has 0 radical (unpaired) electrons. The molecule has 16 heavy (non-hydrogen) atoms. The van der Waals surface area contributed by atoms with Gasteiger partial charge in [-0.3, -0.25) is 9.78 Å². The van der Waals surface area contributed by atoms with Crippen molar-refractivity contribution < 1.29 is 4.79 Å². The average molecular weight is 214 g/mol. The van der Waals surface area contributed by atoms with Crippen LogP contribution in [0.15, 0.2) is 36.7 Å². The van der Waals surface area contributed by atoms with Crippen LogP contribution >= 0.6 is 0 Å². The smallest absolute Gasteiger partial charge is 0.253 e. The molecule has 82 valence electrons. The second-order valence-corrected chi connectivity index (χ2v) is 4.60. The van der Waals surface area contributed by atoms with Gasteiger partial charge in [0.25, 0.3) is 5.91 Å². The van der Waals surface area contributed by atoms with Crippen molar-refractivity contribution in [2.45, 2.75) is 18.9 Å². The number of amides is 1. The number of hydrogen-bond acceptors (Lipinski definition) is 2. The van der Waals surface area contributed by atoms with E-state index in [9.17, 15) is 4.79 Å². The molecule has 3 unspecified atom stereocenters. The number of rotatable bonds is 2. The second kappa shape index (κ2) is 3.74. The molecule has 0 aromatic carbocycles. The third-order valence-corrected chi connectivity index (χ3v) is 3.52. The lowest BCUT2D eigenvalue weighted by atomic mass is 10.0. The third-order valence-electron chi connectivity index (χ3n) is 3.52. The molecule has 2 bridgehead atoms. The summed E-state index contributed by atoms with van der Waals surface area (Å²) in [4.78, 5) is 15.9. The zero-order valence-electron chi connectivity index (χ0n) is 8.97. The number of fused-ring (bicyclic) bond motifs is 2. The summed E-state index contributed by atoms with van der Waals surface area (Å²) in [6.45, 7) is 0. The molecule has 1 amide bonds. The van der Waals surface area contributed by atoms with E-state index < -0.39 is 0 Å². The van der Waals surface area contributed by atoms with Crippen molar-refractivity contribution in [1.82, 2.24) is 10.3 Å². The lowest BCUT2D eigenvalue weighted by molar-refractivity contribution is 0.0931. The topological polar surface area (TPSA) is 42.0 Å². The first-order valence-corrected chi connectivity index (χ1v) is 5.72. The van der Waals surface area contributed by atoms with Crippen molar-refractivity contribution in [1.29, 1.82) is 0 Å². The summed E-state index contributed by atoms with van der Waals surface area (Å²) in [6, 6.07) is 3.91. The van der Waals surface area contributed by atoms with Crippen LogP contribution in [0.5, 0.6) is 0 Å². The predicted molar refractivity (Wildman–Crippen MR) is 60.8 cm³/mol. The SMILES string of the molecule is O=C(NC1CC2C=CC1C2)c1cccnc1. The predicted octanol–water partition coefficient (Wildman–Crippen LogP) is 1.78. The first kappa shape index (κ1) is 9.58. The number of pyridine rings is 1. The van der Waals surface area contributed by atoms with E-state index in [4.69, 9.17) is 0 Å². The maximum absolute atomic E-state index is 11.9. The second-order valence-electron chi connectivity index (χ2n) is 4.60. The van der Waals surface area contributed by atoms with Gasteiger partial charge in [-0.1, -0.05) is 12.2 Å². The Balaban J connectivity index is 1.68. The van der Waals surface area contributed by atoms with E-state index in [0.29, 0.717) is 23.4 Å². The van der Waals surface area contributed by atoms with Gasteiger partial charge in [0.05, 0.1) is 5.56 Å². The summed E-state index contributed by atoms with van der Waals surface area (Å²) in [6.07, 6.45) is 10.1. The minimum absolute atomic E-state index is 0.000880. The molecular formula is C13H14N2O. The Hall–Kier alpha value is -1.64. The fraction of sp³-hybridized carbons (Fsp3) is 0.385. The molecule has 2 aliphatic carbocycles. The van der Waals surface area contributed by atoms with Crippen LogP contribution in [-0.4, -0.2) is 16.9 Å². The minimum Gasteiger partial charge on any atom is -0.349 e. The molecule has 1 N–H and O–H groups in total.